The number of carbonyl (C=O) groups excluding carboxylic acids is 3. The Labute approximate surface area is 317 Å². The highest BCUT2D eigenvalue weighted by atomic mass is 35.5. The Morgan fingerprint density at radius 2 is 1.66 bits per heavy atom. The number of nitrogens with one attached hydrogen (secondary N) is 1. The van der Waals surface area contributed by atoms with Gasteiger partial charge < -0.3 is 14.8 Å². The number of nitrogens with zero attached hydrogens (tertiary/aromatic N) is 2. The monoisotopic (exact) mass is 749 g/mol. The molecule has 0 spiro atoms. The lowest BCUT2D eigenvalue weighted by molar-refractivity contribution is -0.126. The number of rotatable bonds is 14. The summed E-state index contributed by atoms with van der Waals surface area (Å²) in [5.41, 5.74) is 2.68. The van der Waals surface area contributed by atoms with E-state index in [0.29, 0.717) is 16.8 Å². The van der Waals surface area contributed by atoms with Gasteiger partial charge in [0.05, 0.1) is 23.4 Å². The second-order valence-electron chi connectivity index (χ2n) is 11.5. The molecule has 53 heavy (non-hydrogen) atoms. The van der Waals surface area contributed by atoms with Crippen LogP contribution in [-0.2, 0) is 21.0 Å². The number of hydrogen-bond acceptors (Lipinski definition) is 6. The minimum Gasteiger partial charge on any atom is -0.490 e. The standard InChI is InChI=1S/C42H37ClFN3O5S/c1-4-7-21-32(5-2)47-41(50)33(23-28-24-34(43)39(36(25-28)51-6-3)52-26-31-20-14-15-22-35(31)44)40(49)46-42(47)53-27-37(48)45-38(29-16-10-8-11-17-29)30-18-12-9-13-19-30/h4-5,7-25,38H,1,6,26-27H2,2-3H3,(H,45,48)/b21-7-,32-5+,33-23+. The fourth-order valence-corrected chi connectivity index (χ4v) is 6.48. The number of carbonyl (C=O) groups is 3. The summed E-state index contributed by atoms with van der Waals surface area (Å²) in [5.74, 6) is -1.90. The zero-order chi connectivity index (χ0) is 37.7. The summed E-state index contributed by atoms with van der Waals surface area (Å²) in [5, 5.41) is 3.25. The summed E-state index contributed by atoms with van der Waals surface area (Å²) < 4.78 is 25.9. The summed E-state index contributed by atoms with van der Waals surface area (Å²) in [6, 6.07) is 28.1. The molecule has 0 bridgehead atoms. The number of halogens is 2. The van der Waals surface area contributed by atoms with Gasteiger partial charge >= 0.3 is 0 Å². The molecular formula is C42H37ClFN3O5S. The Bertz CT molecular complexity index is 2060. The van der Waals surface area contributed by atoms with E-state index < -0.39 is 23.7 Å². The lowest BCUT2D eigenvalue weighted by Gasteiger charge is -2.28. The van der Waals surface area contributed by atoms with Gasteiger partial charge in [0.15, 0.2) is 16.7 Å². The first kappa shape index (κ1) is 38.5. The van der Waals surface area contributed by atoms with Gasteiger partial charge in [0.2, 0.25) is 5.91 Å². The molecule has 0 saturated carbocycles. The van der Waals surface area contributed by atoms with Gasteiger partial charge in [0, 0.05) is 11.3 Å². The SMILES string of the molecule is C=C/C=C\C(=C/C)N1C(=O)/C(=C/c2cc(Cl)c(OCc3ccccc3F)c(OCC)c2)C(=O)N=C1SCC(=O)NC(c1ccccc1)c1ccccc1. The van der Waals surface area contributed by atoms with E-state index in [1.807, 2.05) is 60.7 Å². The molecule has 0 aromatic heterocycles. The van der Waals surface area contributed by atoms with Crippen LogP contribution in [0.3, 0.4) is 0 Å². The third-order valence-electron chi connectivity index (χ3n) is 7.89. The average molecular weight is 750 g/mol. The van der Waals surface area contributed by atoms with Crippen LogP contribution in [0.15, 0.2) is 144 Å². The topological polar surface area (TPSA) is 97.3 Å². The molecule has 11 heteroatoms. The maximum atomic E-state index is 14.3. The molecule has 270 valence electrons. The molecule has 4 aromatic rings. The fourth-order valence-electron chi connectivity index (χ4n) is 5.40. The van der Waals surface area contributed by atoms with E-state index in [4.69, 9.17) is 21.1 Å². The third kappa shape index (κ3) is 9.79. The van der Waals surface area contributed by atoms with Crippen LogP contribution >= 0.6 is 23.4 Å². The highest BCUT2D eigenvalue weighted by Crippen LogP contribution is 2.38. The van der Waals surface area contributed by atoms with E-state index in [1.165, 1.54) is 23.1 Å². The number of hydrogen-bond donors (Lipinski definition) is 1. The fraction of sp³-hybridized carbons (Fsp3) is 0.143. The Morgan fingerprint density at radius 3 is 2.28 bits per heavy atom. The number of ether oxygens (including phenoxy) is 2. The molecule has 0 unspecified atom stereocenters. The molecule has 1 aliphatic heterocycles. The minimum absolute atomic E-state index is 0.0371. The number of aliphatic imine (C=N–C) groups is 1. The number of amidine groups is 1. The second-order valence-corrected chi connectivity index (χ2v) is 12.8. The number of benzene rings is 4. The van der Waals surface area contributed by atoms with E-state index in [1.54, 1.807) is 62.4 Å². The van der Waals surface area contributed by atoms with Crippen LogP contribution in [0.25, 0.3) is 6.08 Å². The molecule has 0 atom stereocenters. The highest BCUT2D eigenvalue weighted by Gasteiger charge is 2.35. The molecule has 3 amide bonds. The first-order chi connectivity index (χ1) is 25.7. The summed E-state index contributed by atoms with van der Waals surface area (Å²) in [4.78, 5) is 46.7. The second kappa shape index (κ2) is 18.7. The first-order valence-corrected chi connectivity index (χ1v) is 18.1. The zero-order valence-corrected chi connectivity index (χ0v) is 30.7. The molecule has 1 aliphatic rings. The van der Waals surface area contributed by atoms with E-state index in [0.717, 1.165) is 22.9 Å². The van der Waals surface area contributed by atoms with Crippen molar-refractivity contribution in [2.45, 2.75) is 26.5 Å². The van der Waals surface area contributed by atoms with E-state index in [2.05, 4.69) is 16.9 Å². The Kier molecular flexibility index (Phi) is 13.6. The third-order valence-corrected chi connectivity index (χ3v) is 9.10. The van der Waals surface area contributed by atoms with Crippen molar-refractivity contribution in [3.05, 3.63) is 172 Å². The molecule has 8 nitrogen and oxygen atoms in total. The lowest BCUT2D eigenvalue weighted by atomic mass is 9.99. The van der Waals surface area contributed by atoms with Gasteiger partial charge in [-0.3, -0.25) is 19.3 Å². The molecule has 0 radical (unpaired) electrons. The van der Waals surface area contributed by atoms with Gasteiger partial charge in [0.25, 0.3) is 11.8 Å². The lowest BCUT2D eigenvalue weighted by Crippen LogP contribution is -2.42. The van der Waals surface area contributed by atoms with Crippen molar-refractivity contribution in [2.24, 2.45) is 4.99 Å². The van der Waals surface area contributed by atoms with E-state index >= 15 is 0 Å². The van der Waals surface area contributed by atoms with Crippen molar-refractivity contribution >= 4 is 52.3 Å². The molecule has 4 aromatic carbocycles. The molecule has 1 heterocycles. The Morgan fingerprint density at radius 1 is 1.00 bits per heavy atom. The van der Waals surface area contributed by atoms with E-state index in [-0.39, 0.29) is 52.1 Å². The van der Waals surface area contributed by atoms with Crippen LogP contribution in [-0.4, -0.2) is 40.1 Å². The summed E-state index contributed by atoms with van der Waals surface area (Å²) in [6.45, 7) is 7.39. The van der Waals surface area contributed by atoms with Crippen LogP contribution in [0, 0.1) is 5.82 Å². The van der Waals surface area contributed by atoms with Crippen molar-refractivity contribution in [3.8, 4) is 11.5 Å². The molecular weight excluding hydrogens is 713 g/mol. The van der Waals surface area contributed by atoms with Crippen molar-refractivity contribution in [2.75, 3.05) is 12.4 Å². The normalized spacial score (nSPS) is 14.1. The quantitative estimate of drug-likeness (QED) is 0.0787. The zero-order valence-electron chi connectivity index (χ0n) is 29.1. The first-order valence-electron chi connectivity index (χ1n) is 16.7. The van der Waals surface area contributed by atoms with Crippen molar-refractivity contribution in [1.29, 1.82) is 0 Å². The largest absolute Gasteiger partial charge is 0.490 e. The van der Waals surface area contributed by atoms with Gasteiger partial charge in [-0.15, -0.1) is 0 Å². The summed E-state index contributed by atoms with van der Waals surface area (Å²) >= 11 is 7.60. The van der Waals surface area contributed by atoms with Crippen LogP contribution in [0.2, 0.25) is 5.02 Å². The smallest absolute Gasteiger partial charge is 0.285 e. The number of amides is 3. The molecule has 0 saturated heterocycles. The average Bonchev–Trinajstić information content (AvgIpc) is 3.16. The Balaban J connectivity index is 1.43. The predicted octanol–water partition coefficient (Wildman–Crippen LogP) is 8.85. The maximum Gasteiger partial charge on any atom is 0.285 e. The predicted molar refractivity (Wildman–Crippen MR) is 209 cm³/mol. The van der Waals surface area contributed by atoms with Crippen LogP contribution in [0.4, 0.5) is 4.39 Å². The number of allylic oxidation sites excluding steroid dienone is 4. The van der Waals surface area contributed by atoms with Crippen LogP contribution in [0.1, 0.15) is 42.1 Å². The summed E-state index contributed by atoms with van der Waals surface area (Å²) in [6.07, 6.45) is 7.92. The summed E-state index contributed by atoms with van der Waals surface area (Å²) in [7, 11) is 0. The van der Waals surface area contributed by atoms with Gasteiger partial charge in [-0.2, -0.15) is 4.99 Å². The van der Waals surface area contributed by atoms with Gasteiger partial charge in [0.1, 0.15) is 18.0 Å². The number of thioether (sulfide) groups is 1. The van der Waals surface area contributed by atoms with Crippen LogP contribution < -0.4 is 14.8 Å². The highest BCUT2D eigenvalue weighted by molar-refractivity contribution is 8.14. The maximum absolute atomic E-state index is 14.3. The van der Waals surface area contributed by atoms with E-state index in [9.17, 15) is 18.8 Å². The van der Waals surface area contributed by atoms with Gasteiger partial charge in [-0.1, -0.05) is 127 Å². The van der Waals surface area contributed by atoms with Crippen molar-refractivity contribution in [3.63, 3.8) is 0 Å². The van der Waals surface area contributed by atoms with Crippen molar-refractivity contribution < 1.29 is 28.2 Å². The molecule has 0 fully saturated rings. The van der Waals surface area contributed by atoms with Gasteiger partial charge in [-0.05, 0) is 60.9 Å². The molecule has 1 N–H and O–H groups in total. The van der Waals surface area contributed by atoms with Crippen molar-refractivity contribution in [1.82, 2.24) is 10.2 Å². The molecule has 5 rings (SSSR count). The minimum atomic E-state index is -0.794. The van der Waals surface area contributed by atoms with Gasteiger partial charge in [-0.25, -0.2) is 4.39 Å². The van der Waals surface area contributed by atoms with Crippen LogP contribution in [0.5, 0.6) is 11.5 Å². The molecule has 0 aliphatic carbocycles. The Hall–Kier alpha value is -5.71.